The van der Waals surface area contributed by atoms with E-state index in [1.165, 1.54) is 71.8 Å². The van der Waals surface area contributed by atoms with Crippen LogP contribution in [0.15, 0.2) is 133 Å². The fraction of sp³-hybridized carbons (Fsp3) is 0.325. The van der Waals surface area contributed by atoms with Crippen LogP contribution in [-0.4, -0.2) is 49.3 Å². The minimum Gasteiger partial charge on any atom is -0.352 e. The Morgan fingerprint density at radius 3 is 1.18 bits per heavy atom. The molecular formula is C40H53BN2O. The van der Waals surface area contributed by atoms with E-state index in [0.29, 0.717) is 5.57 Å². The van der Waals surface area contributed by atoms with E-state index in [2.05, 4.69) is 154 Å². The maximum Gasteiger partial charge on any atom is 0.246 e. The van der Waals surface area contributed by atoms with Crippen LogP contribution in [0.25, 0.3) is 0 Å². The molecule has 0 aliphatic heterocycles. The van der Waals surface area contributed by atoms with Gasteiger partial charge in [0, 0.05) is 18.5 Å². The van der Waals surface area contributed by atoms with E-state index in [9.17, 15) is 4.79 Å². The molecule has 4 heteroatoms. The van der Waals surface area contributed by atoms with Gasteiger partial charge in [0.25, 0.3) is 0 Å². The van der Waals surface area contributed by atoms with Crippen LogP contribution < -0.4 is 27.2 Å². The Morgan fingerprint density at radius 2 is 0.909 bits per heavy atom. The topological polar surface area (TPSA) is 29.1 Å². The van der Waals surface area contributed by atoms with E-state index in [-0.39, 0.29) is 5.91 Å². The van der Waals surface area contributed by atoms with Gasteiger partial charge in [0.2, 0.25) is 5.91 Å². The summed E-state index contributed by atoms with van der Waals surface area (Å²) in [5.41, 5.74) is 5.95. The number of amides is 1. The Bertz CT molecular complexity index is 1190. The Morgan fingerprint density at radius 1 is 0.591 bits per heavy atom. The van der Waals surface area contributed by atoms with Crippen LogP contribution in [0.4, 0.5) is 0 Å². The number of benzene rings is 4. The number of rotatable bonds is 15. The third-order valence-corrected chi connectivity index (χ3v) is 8.77. The van der Waals surface area contributed by atoms with Gasteiger partial charge in [-0.15, -0.1) is 0 Å². The van der Waals surface area contributed by atoms with Gasteiger partial charge in [-0.2, -0.15) is 21.9 Å². The molecule has 44 heavy (non-hydrogen) atoms. The molecule has 0 saturated heterocycles. The molecule has 4 aromatic rings. The number of carbonyl (C=O) groups is 1. The number of nitrogens with one attached hydrogen (secondary N) is 1. The molecule has 0 bridgehead atoms. The molecule has 1 N–H and O–H groups in total. The maximum atomic E-state index is 11.4. The summed E-state index contributed by atoms with van der Waals surface area (Å²) in [4.78, 5) is 11.4. The Labute approximate surface area is 267 Å². The maximum absolute atomic E-state index is 11.4. The van der Waals surface area contributed by atoms with Crippen molar-refractivity contribution in [1.29, 1.82) is 0 Å². The molecule has 0 fully saturated rings. The highest BCUT2D eigenvalue weighted by molar-refractivity contribution is 7.19. The standard InChI is InChI=1S/C24H20B.C16H32N2O/c1-5-13-21(14-6-1)25(22-15-7-2-8-16-22,23-17-9-3-10-18-23)24-19-11-4-12-20-24;1-6-11-18(12-7-2,13-8-3)14-9-10-17-16(19)15(4)5/h1-20H;4,6-14H2,1-3,5H3/q-1;/p+1. The molecule has 0 atom stereocenters. The first kappa shape index (κ1) is 34.6. The normalized spacial score (nSPS) is 11.3. The first-order valence-corrected chi connectivity index (χ1v) is 16.6. The molecule has 0 radical (unpaired) electrons. The van der Waals surface area contributed by atoms with Crippen molar-refractivity contribution in [2.45, 2.75) is 53.4 Å². The van der Waals surface area contributed by atoms with Crippen LogP contribution in [0.5, 0.6) is 0 Å². The van der Waals surface area contributed by atoms with Crippen molar-refractivity contribution in [3.8, 4) is 0 Å². The quantitative estimate of drug-likeness (QED) is 0.0765. The largest absolute Gasteiger partial charge is 0.352 e. The lowest BCUT2D eigenvalue weighted by molar-refractivity contribution is -0.928. The minimum atomic E-state index is -1.22. The molecule has 0 aliphatic carbocycles. The van der Waals surface area contributed by atoms with Crippen molar-refractivity contribution in [1.82, 2.24) is 5.32 Å². The lowest BCUT2D eigenvalue weighted by Crippen LogP contribution is -2.74. The van der Waals surface area contributed by atoms with E-state index in [1.807, 2.05) is 0 Å². The van der Waals surface area contributed by atoms with Crippen molar-refractivity contribution >= 4 is 33.9 Å². The van der Waals surface area contributed by atoms with Gasteiger partial charge in [-0.3, -0.25) is 4.79 Å². The lowest BCUT2D eigenvalue weighted by Gasteiger charge is -2.44. The lowest BCUT2D eigenvalue weighted by atomic mass is 9.13. The van der Waals surface area contributed by atoms with Gasteiger partial charge in [-0.1, -0.05) is 149 Å². The number of nitrogens with zero attached hydrogens (tertiary/aromatic N) is 1. The molecule has 0 saturated carbocycles. The fourth-order valence-corrected chi connectivity index (χ4v) is 6.98. The average Bonchev–Trinajstić information content (AvgIpc) is 3.06. The highest BCUT2D eigenvalue weighted by Gasteiger charge is 2.31. The smallest absolute Gasteiger partial charge is 0.246 e. The summed E-state index contributed by atoms with van der Waals surface area (Å²) in [7, 11) is 0. The van der Waals surface area contributed by atoms with Crippen LogP contribution >= 0.6 is 0 Å². The van der Waals surface area contributed by atoms with Crippen molar-refractivity contribution < 1.29 is 9.28 Å². The number of hydrogen-bond donors (Lipinski definition) is 1. The highest BCUT2D eigenvalue weighted by atomic mass is 16.1. The zero-order valence-corrected chi connectivity index (χ0v) is 27.6. The molecular weight excluding hydrogens is 535 g/mol. The van der Waals surface area contributed by atoms with Gasteiger partial charge in [-0.05, 0) is 26.2 Å². The predicted octanol–water partition coefficient (Wildman–Crippen LogP) is 6.18. The molecule has 0 unspecified atom stereocenters. The molecule has 0 aromatic heterocycles. The average molecular weight is 589 g/mol. The second-order valence-corrected chi connectivity index (χ2v) is 12.1. The fourth-order valence-electron chi connectivity index (χ4n) is 6.98. The summed E-state index contributed by atoms with van der Waals surface area (Å²) >= 11 is 0. The Kier molecular flexibility index (Phi) is 14.2. The van der Waals surface area contributed by atoms with Crippen molar-refractivity contribution in [3.63, 3.8) is 0 Å². The van der Waals surface area contributed by atoms with E-state index in [0.717, 1.165) is 13.0 Å². The van der Waals surface area contributed by atoms with Crippen molar-refractivity contribution in [2.24, 2.45) is 0 Å². The molecule has 232 valence electrons. The highest BCUT2D eigenvalue weighted by Crippen LogP contribution is 2.13. The molecule has 3 nitrogen and oxygen atoms in total. The van der Waals surface area contributed by atoms with Gasteiger partial charge in [0.05, 0.1) is 26.2 Å². The second-order valence-electron chi connectivity index (χ2n) is 12.1. The zero-order valence-electron chi connectivity index (χ0n) is 27.6. The second kappa shape index (κ2) is 18.0. The van der Waals surface area contributed by atoms with E-state index >= 15 is 0 Å². The summed E-state index contributed by atoms with van der Waals surface area (Å²) in [6.45, 7) is 17.9. The number of quaternary nitrogens is 1. The molecule has 0 aliphatic rings. The van der Waals surface area contributed by atoms with Crippen LogP contribution in [-0.2, 0) is 4.79 Å². The summed E-state index contributed by atoms with van der Waals surface area (Å²) < 4.78 is 1.21. The van der Waals surface area contributed by atoms with Crippen LogP contribution in [0.2, 0.25) is 0 Å². The summed E-state index contributed by atoms with van der Waals surface area (Å²) in [5.74, 6) is -0.0143. The molecule has 1 amide bonds. The van der Waals surface area contributed by atoms with Crippen LogP contribution in [0.3, 0.4) is 0 Å². The Balaban J connectivity index is 0.000000252. The van der Waals surface area contributed by atoms with Gasteiger partial charge in [0.15, 0.2) is 0 Å². The number of carbonyl (C=O) groups excluding carboxylic acids is 1. The van der Waals surface area contributed by atoms with Crippen molar-refractivity contribution in [3.05, 3.63) is 133 Å². The molecule has 4 rings (SSSR count). The first-order chi connectivity index (χ1) is 21.4. The SMILES string of the molecule is C=C(C)C(=O)NCCC[N+](CCC)(CCC)CCC.c1ccc([B-](c2ccccc2)(c2ccccc2)c2ccccc2)cc1. The van der Waals surface area contributed by atoms with Gasteiger partial charge < -0.3 is 9.80 Å². The summed E-state index contributed by atoms with van der Waals surface area (Å²) in [5, 5.41) is 2.93. The molecule has 0 heterocycles. The van der Waals surface area contributed by atoms with Crippen molar-refractivity contribution in [2.75, 3.05) is 32.7 Å². The van der Waals surface area contributed by atoms with Gasteiger partial charge >= 0.3 is 0 Å². The van der Waals surface area contributed by atoms with E-state index in [4.69, 9.17) is 0 Å². The van der Waals surface area contributed by atoms with Crippen LogP contribution in [0, 0.1) is 0 Å². The predicted molar refractivity (Wildman–Crippen MR) is 193 cm³/mol. The third kappa shape index (κ3) is 9.06. The molecule has 0 spiro atoms. The summed E-state index contributed by atoms with van der Waals surface area (Å²) in [6.07, 6.45) is 3.54. The first-order valence-electron chi connectivity index (χ1n) is 16.6. The van der Waals surface area contributed by atoms with E-state index < -0.39 is 6.15 Å². The monoisotopic (exact) mass is 588 g/mol. The Hall–Kier alpha value is -3.89. The van der Waals surface area contributed by atoms with Gasteiger partial charge in [-0.25, -0.2) is 0 Å². The summed E-state index contributed by atoms with van der Waals surface area (Å²) in [6, 6.07) is 43.5. The number of hydrogen-bond acceptors (Lipinski definition) is 1. The van der Waals surface area contributed by atoms with Crippen LogP contribution in [0.1, 0.15) is 53.4 Å². The zero-order chi connectivity index (χ0) is 31.7. The van der Waals surface area contributed by atoms with E-state index in [1.54, 1.807) is 6.92 Å². The van der Waals surface area contributed by atoms with Gasteiger partial charge in [0.1, 0.15) is 6.15 Å². The minimum absolute atomic E-state index is 0.0143. The molecule has 4 aromatic carbocycles. The third-order valence-electron chi connectivity index (χ3n) is 8.77.